The predicted octanol–water partition coefficient (Wildman–Crippen LogP) is 3.68. The summed E-state index contributed by atoms with van der Waals surface area (Å²) in [5.74, 6) is 0.0717. The smallest absolute Gasteiger partial charge is 0.273 e. The Balaban J connectivity index is 1.85. The fraction of sp³-hybridized carbons (Fsp3) is 0.300. The van der Waals surface area contributed by atoms with E-state index < -0.39 is 10.8 Å². The van der Waals surface area contributed by atoms with Crippen molar-refractivity contribution in [1.29, 1.82) is 0 Å². The van der Waals surface area contributed by atoms with Gasteiger partial charge in [-0.1, -0.05) is 6.07 Å². The first kappa shape index (κ1) is 19.3. The minimum absolute atomic E-state index is 0.0496. The van der Waals surface area contributed by atoms with Gasteiger partial charge in [-0.2, -0.15) is 0 Å². The number of nitro groups is 1. The largest absolute Gasteiger partial charge is 0.494 e. The molecule has 1 saturated heterocycles. The first-order valence-electron chi connectivity index (χ1n) is 8.96. The molecule has 8 heteroatoms. The molecule has 0 spiro atoms. The van der Waals surface area contributed by atoms with Gasteiger partial charge in [0.25, 0.3) is 11.6 Å². The molecular formula is C20H21N3O5. The Morgan fingerprint density at radius 2 is 2.04 bits per heavy atom. The fourth-order valence-electron chi connectivity index (χ4n) is 3.30. The number of ether oxygens (including phenoxy) is 1. The van der Waals surface area contributed by atoms with Crippen LogP contribution in [0.4, 0.5) is 17.1 Å². The molecule has 0 radical (unpaired) electrons. The van der Waals surface area contributed by atoms with Gasteiger partial charge in [0, 0.05) is 41.9 Å². The highest BCUT2D eigenvalue weighted by Crippen LogP contribution is 2.33. The number of rotatable bonds is 5. The van der Waals surface area contributed by atoms with Crippen molar-refractivity contribution < 1.29 is 19.2 Å². The summed E-state index contributed by atoms with van der Waals surface area (Å²) in [4.78, 5) is 37.0. The molecule has 2 aromatic carbocycles. The summed E-state index contributed by atoms with van der Waals surface area (Å²) in [5.41, 5.74) is 1.55. The third-order valence-electron chi connectivity index (χ3n) is 4.80. The number of carbonyl (C=O) groups is 2. The second-order valence-electron chi connectivity index (χ2n) is 6.55. The Bertz CT molecular complexity index is 941. The molecule has 28 heavy (non-hydrogen) atoms. The van der Waals surface area contributed by atoms with Gasteiger partial charge in [0.1, 0.15) is 5.75 Å². The molecule has 1 heterocycles. The van der Waals surface area contributed by atoms with E-state index in [4.69, 9.17) is 4.74 Å². The van der Waals surface area contributed by atoms with Crippen LogP contribution in [0.2, 0.25) is 0 Å². The van der Waals surface area contributed by atoms with Crippen LogP contribution in [0.3, 0.4) is 0 Å². The number of nitrogens with one attached hydrogen (secondary N) is 1. The van der Waals surface area contributed by atoms with E-state index in [-0.39, 0.29) is 17.2 Å². The SMILES string of the molecule is COc1cc(NC(=O)c2cccc([N+](=O)[O-])c2C)ccc1N1CCCCC1=O. The number of piperidine rings is 1. The van der Waals surface area contributed by atoms with Gasteiger partial charge in [-0.05, 0) is 38.0 Å². The highest BCUT2D eigenvalue weighted by atomic mass is 16.6. The van der Waals surface area contributed by atoms with Crippen LogP contribution in [0.5, 0.6) is 5.75 Å². The van der Waals surface area contributed by atoms with Crippen molar-refractivity contribution in [3.8, 4) is 5.75 Å². The maximum absolute atomic E-state index is 12.6. The average molecular weight is 383 g/mol. The van der Waals surface area contributed by atoms with Crippen molar-refractivity contribution in [2.75, 3.05) is 23.9 Å². The predicted molar refractivity (Wildman–Crippen MR) is 105 cm³/mol. The number of anilines is 2. The first-order valence-corrected chi connectivity index (χ1v) is 8.96. The van der Waals surface area contributed by atoms with Crippen molar-refractivity contribution in [2.45, 2.75) is 26.2 Å². The third kappa shape index (κ3) is 3.80. The number of nitro benzene ring substituents is 1. The van der Waals surface area contributed by atoms with Crippen LogP contribution in [0.1, 0.15) is 35.2 Å². The maximum atomic E-state index is 12.6. The maximum Gasteiger partial charge on any atom is 0.273 e. The van der Waals surface area contributed by atoms with E-state index in [1.807, 2.05) is 0 Å². The summed E-state index contributed by atoms with van der Waals surface area (Å²) < 4.78 is 5.41. The molecular weight excluding hydrogens is 362 g/mol. The molecule has 1 aliphatic rings. The van der Waals surface area contributed by atoms with Gasteiger partial charge in [0.2, 0.25) is 5.91 Å². The number of nitrogens with zero attached hydrogens (tertiary/aromatic N) is 2. The number of benzene rings is 2. The van der Waals surface area contributed by atoms with Crippen molar-refractivity contribution in [1.82, 2.24) is 0 Å². The topological polar surface area (TPSA) is 102 Å². The van der Waals surface area contributed by atoms with Gasteiger partial charge in [-0.15, -0.1) is 0 Å². The molecule has 1 fully saturated rings. The first-order chi connectivity index (χ1) is 13.4. The normalized spacial score (nSPS) is 13.9. The molecule has 1 aliphatic heterocycles. The van der Waals surface area contributed by atoms with Crippen molar-refractivity contribution in [2.24, 2.45) is 0 Å². The molecule has 0 atom stereocenters. The Kier molecular flexibility index (Phi) is 5.58. The molecule has 2 amide bonds. The Labute approximate surface area is 162 Å². The van der Waals surface area contributed by atoms with Gasteiger partial charge in [-0.25, -0.2) is 0 Å². The monoisotopic (exact) mass is 383 g/mol. The lowest BCUT2D eigenvalue weighted by Crippen LogP contribution is -2.35. The zero-order valence-electron chi connectivity index (χ0n) is 15.7. The molecule has 0 aromatic heterocycles. The molecule has 2 aromatic rings. The zero-order valence-corrected chi connectivity index (χ0v) is 15.7. The van der Waals surface area contributed by atoms with Crippen LogP contribution < -0.4 is 15.0 Å². The second kappa shape index (κ2) is 8.08. The number of amides is 2. The summed E-state index contributed by atoms with van der Waals surface area (Å²) in [7, 11) is 1.50. The zero-order chi connectivity index (χ0) is 20.3. The van der Waals surface area contributed by atoms with Crippen LogP contribution in [0, 0.1) is 17.0 Å². The summed E-state index contributed by atoms with van der Waals surface area (Å²) >= 11 is 0. The minimum Gasteiger partial charge on any atom is -0.494 e. The lowest BCUT2D eigenvalue weighted by molar-refractivity contribution is -0.385. The number of methoxy groups -OCH3 is 1. The van der Waals surface area contributed by atoms with Crippen molar-refractivity contribution in [3.63, 3.8) is 0 Å². The van der Waals surface area contributed by atoms with Crippen LogP contribution in [0.25, 0.3) is 0 Å². The van der Waals surface area contributed by atoms with E-state index in [2.05, 4.69) is 5.32 Å². The minimum atomic E-state index is -0.514. The summed E-state index contributed by atoms with van der Waals surface area (Å²) in [6, 6.07) is 9.44. The molecule has 0 aliphatic carbocycles. The van der Waals surface area contributed by atoms with E-state index >= 15 is 0 Å². The number of hydrogen-bond acceptors (Lipinski definition) is 5. The van der Waals surface area contributed by atoms with Gasteiger partial charge < -0.3 is 15.0 Å². The lowest BCUT2D eigenvalue weighted by Gasteiger charge is -2.28. The van der Waals surface area contributed by atoms with E-state index in [9.17, 15) is 19.7 Å². The van der Waals surface area contributed by atoms with Crippen LogP contribution in [0.15, 0.2) is 36.4 Å². The van der Waals surface area contributed by atoms with Crippen LogP contribution in [-0.4, -0.2) is 30.4 Å². The third-order valence-corrected chi connectivity index (χ3v) is 4.80. The van der Waals surface area contributed by atoms with Crippen molar-refractivity contribution in [3.05, 3.63) is 57.6 Å². The fourth-order valence-corrected chi connectivity index (χ4v) is 3.30. The van der Waals surface area contributed by atoms with Crippen LogP contribution >= 0.6 is 0 Å². The Morgan fingerprint density at radius 3 is 2.71 bits per heavy atom. The van der Waals surface area contributed by atoms with E-state index in [0.29, 0.717) is 35.7 Å². The number of hydrogen-bond donors (Lipinski definition) is 1. The highest BCUT2D eigenvalue weighted by Gasteiger charge is 2.23. The molecule has 0 unspecified atom stereocenters. The van der Waals surface area contributed by atoms with E-state index in [0.717, 1.165) is 12.8 Å². The average Bonchev–Trinajstić information content (AvgIpc) is 2.68. The highest BCUT2D eigenvalue weighted by molar-refractivity contribution is 6.06. The lowest BCUT2D eigenvalue weighted by atomic mass is 10.1. The second-order valence-corrected chi connectivity index (χ2v) is 6.55. The number of carbonyl (C=O) groups excluding carboxylic acids is 2. The molecule has 146 valence electrons. The van der Waals surface area contributed by atoms with E-state index in [1.54, 1.807) is 30.0 Å². The molecule has 1 N–H and O–H groups in total. The quantitative estimate of drug-likeness (QED) is 0.627. The molecule has 8 nitrogen and oxygen atoms in total. The van der Waals surface area contributed by atoms with Gasteiger partial charge >= 0.3 is 0 Å². The van der Waals surface area contributed by atoms with Crippen molar-refractivity contribution >= 4 is 28.9 Å². The molecule has 3 rings (SSSR count). The molecule has 0 bridgehead atoms. The standard InChI is InChI=1S/C20H21N3O5/c1-13-15(6-5-7-16(13)23(26)27)20(25)21-14-9-10-17(18(12-14)28-2)22-11-4-3-8-19(22)24/h5-7,9-10,12H,3-4,8,11H2,1-2H3,(H,21,25). The van der Waals surface area contributed by atoms with E-state index in [1.165, 1.54) is 25.3 Å². The molecule has 0 saturated carbocycles. The summed E-state index contributed by atoms with van der Waals surface area (Å²) in [5, 5.41) is 13.8. The van der Waals surface area contributed by atoms with Gasteiger partial charge in [-0.3, -0.25) is 19.7 Å². The Hall–Kier alpha value is -3.42. The Morgan fingerprint density at radius 1 is 1.25 bits per heavy atom. The summed E-state index contributed by atoms with van der Waals surface area (Å²) in [6.07, 6.45) is 2.32. The summed E-state index contributed by atoms with van der Waals surface area (Å²) in [6.45, 7) is 2.17. The van der Waals surface area contributed by atoms with Gasteiger partial charge in [0.15, 0.2) is 0 Å². The van der Waals surface area contributed by atoms with Crippen LogP contribution in [-0.2, 0) is 4.79 Å². The van der Waals surface area contributed by atoms with Gasteiger partial charge in [0.05, 0.1) is 17.7 Å².